The van der Waals surface area contributed by atoms with Gasteiger partial charge in [0.15, 0.2) is 0 Å². The highest BCUT2D eigenvalue weighted by Crippen LogP contribution is 2.40. The smallest absolute Gasteiger partial charge is 0.406 e. The summed E-state index contributed by atoms with van der Waals surface area (Å²) in [6.07, 6.45) is -8.23. The van der Waals surface area contributed by atoms with Gasteiger partial charge in [0, 0.05) is 0 Å². The molecule has 0 radical (unpaired) electrons. The van der Waals surface area contributed by atoms with Gasteiger partial charge in [-0.2, -0.15) is 36.6 Å². The van der Waals surface area contributed by atoms with Crippen LogP contribution in [0.2, 0.25) is 0 Å². The summed E-state index contributed by atoms with van der Waals surface area (Å²) in [5.74, 6) is -1.46. The first kappa shape index (κ1) is 24.0. The fourth-order valence-electron chi connectivity index (χ4n) is 4.13. The molecule has 4 aromatic rings. The molecule has 2 aromatic heterocycles. The fraction of sp³-hybridized carbons (Fsp3) is 0.125. The van der Waals surface area contributed by atoms with E-state index in [0.29, 0.717) is 0 Å². The molecule has 0 fully saturated rings. The van der Waals surface area contributed by atoms with Crippen LogP contribution in [-0.2, 0) is 12.4 Å². The molecule has 1 aliphatic heterocycles. The van der Waals surface area contributed by atoms with Crippen molar-refractivity contribution in [1.29, 1.82) is 5.26 Å². The van der Waals surface area contributed by atoms with Crippen molar-refractivity contribution in [3.05, 3.63) is 97.8 Å². The van der Waals surface area contributed by atoms with Crippen LogP contribution in [0, 0.1) is 11.3 Å². The van der Waals surface area contributed by atoms with Crippen LogP contribution in [0.4, 0.5) is 32.4 Å². The van der Waals surface area contributed by atoms with E-state index in [1.165, 1.54) is 12.1 Å². The third-order valence-corrected chi connectivity index (χ3v) is 5.67. The molecule has 188 valence electrons. The molecule has 1 aliphatic rings. The predicted octanol–water partition coefficient (Wildman–Crippen LogP) is 3.69. The van der Waals surface area contributed by atoms with Crippen LogP contribution in [0.25, 0.3) is 17.5 Å². The fourth-order valence-corrected chi connectivity index (χ4v) is 4.13. The third-order valence-electron chi connectivity index (χ3n) is 5.67. The van der Waals surface area contributed by atoms with Crippen LogP contribution in [0.1, 0.15) is 33.9 Å². The van der Waals surface area contributed by atoms with E-state index in [0.717, 1.165) is 47.0 Å². The third kappa shape index (κ3) is 4.06. The van der Waals surface area contributed by atoms with Gasteiger partial charge in [0.25, 0.3) is 6.01 Å². The second-order valence-corrected chi connectivity index (χ2v) is 8.01. The number of rotatable bonds is 2. The van der Waals surface area contributed by atoms with Crippen molar-refractivity contribution in [2.24, 2.45) is 0 Å². The Labute approximate surface area is 202 Å². The van der Waals surface area contributed by atoms with Gasteiger partial charge < -0.3 is 14.6 Å². The number of nitrogens with two attached hydrogens (primary N) is 1. The number of alkyl halides is 6. The number of nitrogens with zero attached hydrogens (tertiary/aromatic N) is 3. The van der Waals surface area contributed by atoms with E-state index in [1.807, 2.05) is 6.07 Å². The summed E-state index contributed by atoms with van der Waals surface area (Å²) in [5, 5.41) is 9.62. The lowest BCUT2D eigenvalue weighted by atomic mass is 9.87. The molecule has 0 saturated carbocycles. The number of aromatic nitrogens is 2. The van der Waals surface area contributed by atoms with Gasteiger partial charge in [-0.05, 0) is 35.4 Å². The molecular weight excluding hydrogens is 506 g/mol. The Morgan fingerprint density at radius 3 is 2.30 bits per heavy atom. The molecule has 0 bridgehead atoms. The molecule has 2 N–H and O–H groups in total. The van der Waals surface area contributed by atoms with Gasteiger partial charge in [0.1, 0.15) is 22.7 Å². The molecule has 0 saturated heterocycles. The number of anilines is 1. The Morgan fingerprint density at radius 1 is 1.00 bits per heavy atom. The Kier molecular flexibility index (Phi) is 5.29. The number of hydrogen-bond donors (Lipinski definition) is 1. The molecular formula is C24H12F6N4O3. The van der Waals surface area contributed by atoms with Crippen molar-refractivity contribution < 1.29 is 35.2 Å². The minimum Gasteiger partial charge on any atom is -0.406 e. The number of hydrogen-bond acceptors (Lipinski definition) is 6. The summed E-state index contributed by atoms with van der Waals surface area (Å²) >= 11 is 0. The average Bonchev–Trinajstić information content (AvgIpc) is 3.36. The molecule has 7 nitrogen and oxygen atoms in total. The van der Waals surface area contributed by atoms with Gasteiger partial charge >= 0.3 is 18.0 Å². The molecule has 5 rings (SSSR count). The van der Waals surface area contributed by atoms with E-state index in [9.17, 15) is 36.4 Å². The maximum atomic E-state index is 13.4. The molecule has 0 amide bonds. The highest BCUT2D eigenvalue weighted by Gasteiger charge is 2.38. The quantitative estimate of drug-likeness (QED) is 0.406. The SMILES string of the molecule is N#CC1=c2oc(=O)/c(=C\c3cccc(C(F)(F)F)c3)n2-c2oc(N)nc2C1c1cccc(C(F)(F)F)c1. The number of fused-ring (bicyclic) bond motifs is 3. The largest absolute Gasteiger partial charge is 0.416 e. The van der Waals surface area contributed by atoms with Crippen LogP contribution in [-0.4, -0.2) is 9.55 Å². The van der Waals surface area contributed by atoms with E-state index in [2.05, 4.69) is 4.98 Å². The molecule has 13 heteroatoms. The summed E-state index contributed by atoms with van der Waals surface area (Å²) in [5.41, 5.74) is 1.98. The normalized spacial score (nSPS) is 15.9. The van der Waals surface area contributed by atoms with E-state index in [4.69, 9.17) is 14.6 Å². The van der Waals surface area contributed by atoms with Crippen molar-refractivity contribution >= 4 is 17.7 Å². The number of benzene rings is 2. The predicted molar refractivity (Wildman–Crippen MR) is 115 cm³/mol. The Bertz CT molecular complexity index is 1770. The van der Waals surface area contributed by atoms with Gasteiger partial charge in [-0.25, -0.2) is 9.36 Å². The van der Waals surface area contributed by atoms with Crippen molar-refractivity contribution in [1.82, 2.24) is 9.55 Å². The lowest BCUT2D eigenvalue weighted by Gasteiger charge is -2.20. The van der Waals surface area contributed by atoms with Gasteiger partial charge in [-0.15, -0.1) is 0 Å². The van der Waals surface area contributed by atoms with Gasteiger partial charge in [0.05, 0.1) is 17.0 Å². The number of oxazole rings is 2. The van der Waals surface area contributed by atoms with Crippen molar-refractivity contribution in [2.45, 2.75) is 18.3 Å². The second-order valence-electron chi connectivity index (χ2n) is 8.01. The van der Waals surface area contributed by atoms with Gasteiger partial charge in [0.2, 0.25) is 11.4 Å². The average molecular weight is 518 g/mol. The molecule has 0 aliphatic carbocycles. The van der Waals surface area contributed by atoms with Crippen molar-refractivity contribution in [3.8, 4) is 12.0 Å². The Balaban J connectivity index is 1.81. The topological polar surface area (TPSA) is 111 Å². The number of nitriles is 1. The standard InChI is InChI=1S/C24H12F6N4O3/c25-23(26,27)13-5-1-3-11(7-13)8-16-21(35)36-19-15(10-31)17(18-20(34(16)19)37-22(32)33-18)12-4-2-6-14(9-12)24(28,29)30/h1-9,17H,(H2,32,33)/b16-8+. The van der Waals surface area contributed by atoms with Crippen LogP contribution in [0.5, 0.6) is 0 Å². The van der Waals surface area contributed by atoms with Crippen molar-refractivity contribution in [2.75, 3.05) is 5.73 Å². The van der Waals surface area contributed by atoms with Crippen LogP contribution in [0.15, 0.2) is 62.2 Å². The first-order chi connectivity index (χ1) is 17.4. The summed E-state index contributed by atoms with van der Waals surface area (Å²) in [6.45, 7) is 0. The minimum atomic E-state index is -4.68. The summed E-state index contributed by atoms with van der Waals surface area (Å²) in [6, 6.07) is 9.69. The monoisotopic (exact) mass is 518 g/mol. The second kappa shape index (κ2) is 8.16. The van der Waals surface area contributed by atoms with E-state index >= 15 is 0 Å². The van der Waals surface area contributed by atoms with E-state index < -0.39 is 41.0 Å². The van der Waals surface area contributed by atoms with Crippen LogP contribution in [0.3, 0.4) is 0 Å². The summed E-state index contributed by atoms with van der Waals surface area (Å²) in [4.78, 5) is 16.8. The summed E-state index contributed by atoms with van der Waals surface area (Å²) in [7, 11) is 0. The molecule has 1 unspecified atom stereocenters. The Morgan fingerprint density at radius 2 is 1.65 bits per heavy atom. The van der Waals surface area contributed by atoms with E-state index in [-0.39, 0.29) is 39.2 Å². The van der Waals surface area contributed by atoms with Crippen LogP contribution < -0.4 is 22.3 Å². The number of nitrogen functional groups attached to an aromatic ring is 1. The molecule has 0 spiro atoms. The lowest BCUT2D eigenvalue weighted by Crippen LogP contribution is -2.35. The first-order valence-electron chi connectivity index (χ1n) is 10.4. The Hall–Kier alpha value is -4.73. The van der Waals surface area contributed by atoms with Gasteiger partial charge in [-0.1, -0.05) is 30.3 Å². The zero-order valence-corrected chi connectivity index (χ0v) is 18.2. The maximum absolute atomic E-state index is 13.4. The first-order valence-corrected chi connectivity index (χ1v) is 10.4. The number of halogens is 6. The molecule has 1 atom stereocenters. The van der Waals surface area contributed by atoms with Crippen molar-refractivity contribution in [3.63, 3.8) is 0 Å². The van der Waals surface area contributed by atoms with Crippen LogP contribution >= 0.6 is 0 Å². The summed E-state index contributed by atoms with van der Waals surface area (Å²) < 4.78 is 91.2. The molecule has 3 heterocycles. The zero-order chi connectivity index (χ0) is 26.7. The maximum Gasteiger partial charge on any atom is 0.416 e. The molecule has 37 heavy (non-hydrogen) atoms. The highest BCUT2D eigenvalue weighted by atomic mass is 19.4. The van der Waals surface area contributed by atoms with E-state index in [1.54, 1.807) is 0 Å². The minimum absolute atomic E-state index is 0.000526. The zero-order valence-electron chi connectivity index (χ0n) is 18.2. The molecule has 2 aromatic carbocycles. The highest BCUT2D eigenvalue weighted by molar-refractivity contribution is 5.73. The van der Waals surface area contributed by atoms with Gasteiger partial charge in [-0.3, -0.25) is 0 Å². The lowest BCUT2D eigenvalue weighted by molar-refractivity contribution is -0.138.